The number of halogens is 1. The van der Waals surface area contributed by atoms with Gasteiger partial charge in [-0.05, 0) is 24.3 Å². The zero-order valence-electron chi connectivity index (χ0n) is 6.70. The van der Waals surface area contributed by atoms with Crippen molar-refractivity contribution in [2.24, 2.45) is 0 Å². The van der Waals surface area contributed by atoms with Crippen molar-refractivity contribution >= 4 is 15.7 Å². The molecule has 0 saturated carbocycles. The van der Waals surface area contributed by atoms with Gasteiger partial charge in [-0.1, -0.05) is 6.58 Å². The van der Waals surface area contributed by atoms with Crippen molar-refractivity contribution in [2.75, 3.05) is 4.72 Å². The molecule has 0 amide bonds. The molecule has 0 aromatic heterocycles. The summed E-state index contributed by atoms with van der Waals surface area (Å²) < 4.78 is 36.4. The molecule has 5 heteroatoms. The highest BCUT2D eigenvalue weighted by Gasteiger charge is 2.03. The van der Waals surface area contributed by atoms with Gasteiger partial charge in [0.15, 0.2) is 0 Å². The molecule has 0 aliphatic rings. The zero-order valence-corrected chi connectivity index (χ0v) is 7.51. The molecule has 1 aromatic carbocycles. The van der Waals surface area contributed by atoms with Crippen LogP contribution in [0.5, 0.6) is 0 Å². The van der Waals surface area contributed by atoms with Gasteiger partial charge in [-0.15, -0.1) is 0 Å². The summed E-state index contributed by atoms with van der Waals surface area (Å²) in [5.41, 5.74) is 0.307. The van der Waals surface area contributed by atoms with Crippen LogP contribution in [0.25, 0.3) is 0 Å². The first-order valence-electron chi connectivity index (χ1n) is 3.44. The second-order valence-corrected chi connectivity index (χ2v) is 3.95. The van der Waals surface area contributed by atoms with Crippen LogP contribution in [-0.2, 0) is 10.0 Å². The van der Waals surface area contributed by atoms with E-state index in [-0.39, 0.29) is 0 Å². The van der Waals surface area contributed by atoms with E-state index >= 15 is 0 Å². The summed E-state index contributed by atoms with van der Waals surface area (Å²) in [6, 6.07) is 4.99. The van der Waals surface area contributed by atoms with Crippen LogP contribution in [0.3, 0.4) is 0 Å². The lowest BCUT2D eigenvalue weighted by Crippen LogP contribution is -2.08. The smallest absolute Gasteiger partial charge is 0.254 e. The molecule has 0 heterocycles. The van der Waals surface area contributed by atoms with Crippen molar-refractivity contribution in [1.29, 1.82) is 0 Å². The van der Waals surface area contributed by atoms with Crippen molar-refractivity contribution in [2.45, 2.75) is 0 Å². The fourth-order valence-electron chi connectivity index (χ4n) is 0.724. The molecule has 3 nitrogen and oxygen atoms in total. The summed E-state index contributed by atoms with van der Waals surface area (Å²) in [5, 5.41) is 0.788. The first-order chi connectivity index (χ1) is 6.03. The molecule has 1 rings (SSSR count). The van der Waals surface area contributed by atoms with E-state index < -0.39 is 15.8 Å². The van der Waals surface area contributed by atoms with Crippen LogP contribution in [-0.4, -0.2) is 8.42 Å². The van der Waals surface area contributed by atoms with Gasteiger partial charge in [0.05, 0.1) is 0 Å². The van der Waals surface area contributed by atoms with Crippen molar-refractivity contribution in [3.05, 3.63) is 42.1 Å². The second-order valence-electron chi connectivity index (χ2n) is 2.32. The van der Waals surface area contributed by atoms with Gasteiger partial charge < -0.3 is 0 Å². The number of benzene rings is 1. The third-order valence-corrected chi connectivity index (χ3v) is 2.28. The summed E-state index contributed by atoms with van der Waals surface area (Å²) >= 11 is 0. The Balaban J connectivity index is 2.88. The fourth-order valence-corrected chi connectivity index (χ4v) is 1.27. The largest absolute Gasteiger partial charge is 0.280 e. The van der Waals surface area contributed by atoms with Gasteiger partial charge in [0.2, 0.25) is 0 Å². The summed E-state index contributed by atoms with van der Waals surface area (Å²) in [5.74, 6) is -0.415. The van der Waals surface area contributed by atoms with Crippen molar-refractivity contribution in [1.82, 2.24) is 0 Å². The fraction of sp³-hybridized carbons (Fsp3) is 0. The number of sulfonamides is 1. The van der Waals surface area contributed by atoms with E-state index in [0.29, 0.717) is 5.69 Å². The van der Waals surface area contributed by atoms with Gasteiger partial charge >= 0.3 is 0 Å². The Labute approximate surface area is 75.9 Å². The Hall–Kier alpha value is -1.36. The van der Waals surface area contributed by atoms with Crippen LogP contribution < -0.4 is 4.72 Å². The minimum atomic E-state index is -3.49. The standard InChI is InChI=1S/C8H8FNO2S/c1-2-13(11,12)10-8-5-3-7(9)4-6-8/h2-6,10H,1H2. The van der Waals surface area contributed by atoms with E-state index in [1.165, 1.54) is 24.3 Å². The van der Waals surface area contributed by atoms with Crippen molar-refractivity contribution in [3.63, 3.8) is 0 Å². The lowest BCUT2D eigenvalue weighted by atomic mass is 10.3. The topological polar surface area (TPSA) is 46.2 Å². The van der Waals surface area contributed by atoms with E-state index in [1.54, 1.807) is 0 Å². The van der Waals surface area contributed by atoms with Crippen LogP contribution in [0.15, 0.2) is 36.3 Å². The molecule has 70 valence electrons. The third-order valence-electron chi connectivity index (χ3n) is 1.32. The lowest BCUT2D eigenvalue weighted by molar-refractivity contribution is 0.609. The molecule has 0 bridgehead atoms. The number of nitrogens with one attached hydrogen (secondary N) is 1. The van der Waals surface area contributed by atoms with Crippen molar-refractivity contribution < 1.29 is 12.8 Å². The Kier molecular flexibility index (Phi) is 2.67. The molecule has 0 aliphatic heterocycles. The molecular weight excluding hydrogens is 193 g/mol. The SMILES string of the molecule is C=CS(=O)(=O)Nc1ccc(F)cc1. The lowest BCUT2D eigenvalue weighted by Gasteiger charge is -2.02. The van der Waals surface area contributed by atoms with Gasteiger partial charge in [0.25, 0.3) is 10.0 Å². The van der Waals surface area contributed by atoms with E-state index in [9.17, 15) is 12.8 Å². The molecule has 0 fully saturated rings. The Morgan fingerprint density at radius 3 is 2.31 bits per heavy atom. The van der Waals surface area contributed by atoms with Gasteiger partial charge in [0, 0.05) is 11.1 Å². The van der Waals surface area contributed by atoms with E-state index in [2.05, 4.69) is 11.3 Å². The minimum absolute atomic E-state index is 0.307. The third kappa shape index (κ3) is 2.87. The number of hydrogen-bond donors (Lipinski definition) is 1. The van der Waals surface area contributed by atoms with Crippen LogP contribution in [0.1, 0.15) is 0 Å². The van der Waals surface area contributed by atoms with Crippen LogP contribution in [0.2, 0.25) is 0 Å². The van der Waals surface area contributed by atoms with Crippen LogP contribution in [0, 0.1) is 5.82 Å². The quantitative estimate of drug-likeness (QED) is 0.809. The van der Waals surface area contributed by atoms with Crippen LogP contribution in [0.4, 0.5) is 10.1 Å². The Bertz CT molecular complexity index is 397. The number of hydrogen-bond acceptors (Lipinski definition) is 2. The summed E-state index contributed by atoms with van der Waals surface area (Å²) in [4.78, 5) is 0. The van der Waals surface area contributed by atoms with E-state index in [4.69, 9.17) is 0 Å². The molecule has 1 aromatic rings. The Morgan fingerprint density at radius 2 is 1.85 bits per heavy atom. The number of anilines is 1. The predicted molar refractivity (Wildman–Crippen MR) is 49.1 cm³/mol. The molecule has 0 aliphatic carbocycles. The molecule has 0 spiro atoms. The number of rotatable bonds is 3. The molecule has 0 unspecified atom stereocenters. The van der Waals surface area contributed by atoms with Gasteiger partial charge in [-0.2, -0.15) is 0 Å². The summed E-state index contributed by atoms with van der Waals surface area (Å²) in [6.07, 6.45) is 0. The van der Waals surface area contributed by atoms with Crippen molar-refractivity contribution in [3.8, 4) is 0 Å². The highest BCUT2D eigenvalue weighted by Crippen LogP contribution is 2.10. The monoisotopic (exact) mass is 201 g/mol. The van der Waals surface area contributed by atoms with Gasteiger partial charge in [0.1, 0.15) is 5.82 Å². The van der Waals surface area contributed by atoms with E-state index in [0.717, 1.165) is 5.41 Å². The van der Waals surface area contributed by atoms with Gasteiger partial charge in [-0.3, -0.25) is 4.72 Å². The predicted octanol–water partition coefficient (Wildman–Crippen LogP) is 1.71. The highest BCUT2D eigenvalue weighted by molar-refractivity contribution is 7.95. The van der Waals surface area contributed by atoms with E-state index in [1.807, 2.05) is 0 Å². The molecular formula is C8H8FNO2S. The Morgan fingerprint density at radius 1 is 1.31 bits per heavy atom. The minimum Gasteiger partial charge on any atom is -0.280 e. The molecule has 1 N–H and O–H groups in total. The normalized spacial score (nSPS) is 10.8. The molecule has 0 atom stereocenters. The average molecular weight is 201 g/mol. The first-order valence-corrected chi connectivity index (χ1v) is 4.99. The maximum absolute atomic E-state index is 12.4. The molecule has 13 heavy (non-hydrogen) atoms. The zero-order chi connectivity index (χ0) is 9.90. The highest BCUT2D eigenvalue weighted by atomic mass is 32.2. The first kappa shape index (κ1) is 9.73. The van der Waals surface area contributed by atoms with Crippen LogP contribution >= 0.6 is 0 Å². The second kappa shape index (κ2) is 3.57. The average Bonchev–Trinajstić information content (AvgIpc) is 2.09. The van der Waals surface area contributed by atoms with Gasteiger partial charge in [-0.25, -0.2) is 12.8 Å². The maximum atomic E-state index is 12.4. The summed E-state index contributed by atoms with van der Waals surface area (Å²) in [6.45, 7) is 3.12. The molecule has 0 saturated heterocycles. The summed E-state index contributed by atoms with van der Waals surface area (Å²) in [7, 11) is -3.49. The molecule has 0 radical (unpaired) electrons. The maximum Gasteiger partial charge on any atom is 0.254 e.